The highest BCUT2D eigenvalue weighted by molar-refractivity contribution is 5.87. The molecule has 0 saturated carbocycles. The molecule has 2 aromatic carbocycles. The van der Waals surface area contributed by atoms with Gasteiger partial charge in [0.1, 0.15) is 0 Å². The summed E-state index contributed by atoms with van der Waals surface area (Å²) < 4.78 is 26.5. The van der Waals surface area contributed by atoms with E-state index in [-0.39, 0.29) is 18.4 Å². The molecule has 3 aromatic rings. The Labute approximate surface area is 144 Å². The van der Waals surface area contributed by atoms with E-state index < -0.39 is 11.6 Å². The van der Waals surface area contributed by atoms with Gasteiger partial charge in [-0.05, 0) is 36.2 Å². The third-order valence-corrected chi connectivity index (χ3v) is 4.46. The van der Waals surface area contributed by atoms with Crippen molar-refractivity contribution in [2.24, 2.45) is 0 Å². The molecule has 0 fully saturated rings. The normalized spacial score (nSPS) is 12.2. The molecular weight excluding hydrogens is 322 g/mol. The Morgan fingerprint density at radius 3 is 2.64 bits per heavy atom. The topological polar surface area (TPSA) is 33.2 Å². The molecule has 0 spiro atoms. The van der Waals surface area contributed by atoms with Crippen LogP contribution in [0, 0.1) is 11.6 Å². The SMILES string of the molecule is CC(c1ccc(F)c(F)c1)N(C)C(=O)Cc1cccc2cccnc12. The second kappa shape index (κ2) is 6.97. The molecule has 5 heteroatoms. The Hall–Kier alpha value is -2.82. The molecule has 0 aliphatic carbocycles. The molecule has 25 heavy (non-hydrogen) atoms. The number of pyridine rings is 1. The van der Waals surface area contributed by atoms with Crippen LogP contribution in [0.5, 0.6) is 0 Å². The van der Waals surface area contributed by atoms with Gasteiger partial charge in [-0.3, -0.25) is 9.78 Å². The van der Waals surface area contributed by atoms with Gasteiger partial charge in [-0.1, -0.05) is 30.3 Å². The number of hydrogen-bond donors (Lipinski definition) is 0. The number of amides is 1. The number of rotatable bonds is 4. The Morgan fingerprint density at radius 2 is 1.88 bits per heavy atom. The lowest BCUT2D eigenvalue weighted by molar-refractivity contribution is -0.131. The van der Waals surface area contributed by atoms with E-state index in [2.05, 4.69) is 4.98 Å². The third kappa shape index (κ3) is 3.50. The lowest BCUT2D eigenvalue weighted by Gasteiger charge is -2.25. The van der Waals surface area contributed by atoms with Gasteiger partial charge < -0.3 is 4.90 Å². The number of carbonyl (C=O) groups is 1. The predicted molar refractivity (Wildman–Crippen MR) is 93.0 cm³/mol. The minimum absolute atomic E-state index is 0.115. The van der Waals surface area contributed by atoms with Crippen molar-refractivity contribution in [3.63, 3.8) is 0 Å². The zero-order valence-electron chi connectivity index (χ0n) is 14.0. The van der Waals surface area contributed by atoms with Crippen LogP contribution in [-0.4, -0.2) is 22.8 Å². The highest BCUT2D eigenvalue weighted by Gasteiger charge is 2.19. The first-order chi connectivity index (χ1) is 12.0. The van der Waals surface area contributed by atoms with Crippen LogP contribution in [0.4, 0.5) is 8.78 Å². The average Bonchev–Trinajstić information content (AvgIpc) is 2.63. The van der Waals surface area contributed by atoms with E-state index in [9.17, 15) is 13.6 Å². The molecule has 0 saturated heterocycles. The molecular formula is C20H18F2N2O. The van der Waals surface area contributed by atoms with Crippen LogP contribution in [-0.2, 0) is 11.2 Å². The van der Waals surface area contributed by atoms with Crippen molar-refractivity contribution in [2.75, 3.05) is 7.05 Å². The molecule has 3 rings (SSSR count). The minimum atomic E-state index is -0.913. The maximum absolute atomic E-state index is 13.4. The Morgan fingerprint density at radius 1 is 1.12 bits per heavy atom. The molecule has 0 radical (unpaired) electrons. The molecule has 0 bridgehead atoms. The maximum Gasteiger partial charge on any atom is 0.227 e. The second-order valence-electron chi connectivity index (χ2n) is 6.02. The predicted octanol–water partition coefficient (Wildman–Crippen LogP) is 4.28. The summed E-state index contributed by atoms with van der Waals surface area (Å²) in [6.07, 6.45) is 1.89. The first-order valence-corrected chi connectivity index (χ1v) is 8.00. The van der Waals surface area contributed by atoms with Gasteiger partial charge >= 0.3 is 0 Å². The van der Waals surface area contributed by atoms with Crippen molar-refractivity contribution < 1.29 is 13.6 Å². The van der Waals surface area contributed by atoms with E-state index in [1.807, 2.05) is 30.3 Å². The summed E-state index contributed by atoms with van der Waals surface area (Å²) >= 11 is 0. The lowest BCUT2D eigenvalue weighted by atomic mass is 10.0. The van der Waals surface area contributed by atoms with E-state index in [1.54, 1.807) is 20.2 Å². The van der Waals surface area contributed by atoms with Gasteiger partial charge in [0.25, 0.3) is 0 Å². The summed E-state index contributed by atoms with van der Waals surface area (Å²) in [6, 6.07) is 12.8. The summed E-state index contributed by atoms with van der Waals surface area (Å²) in [5, 5.41) is 0.976. The highest BCUT2D eigenvalue weighted by atomic mass is 19.2. The molecule has 0 aliphatic rings. The maximum atomic E-state index is 13.4. The van der Waals surface area contributed by atoms with Gasteiger partial charge in [0, 0.05) is 18.6 Å². The number of hydrogen-bond acceptors (Lipinski definition) is 2. The monoisotopic (exact) mass is 340 g/mol. The Kier molecular flexibility index (Phi) is 4.74. The Balaban J connectivity index is 1.81. The third-order valence-electron chi connectivity index (χ3n) is 4.46. The van der Waals surface area contributed by atoms with Crippen molar-refractivity contribution >= 4 is 16.8 Å². The fourth-order valence-electron chi connectivity index (χ4n) is 2.81. The second-order valence-corrected chi connectivity index (χ2v) is 6.02. The number of carbonyl (C=O) groups excluding carboxylic acids is 1. The standard InChI is InChI=1S/C20H18F2N2O/c1-13(15-8-9-17(21)18(22)11-15)24(2)19(25)12-16-6-3-5-14-7-4-10-23-20(14)16/h3-11,13H,12H2,1-2H3. The van der Waals surface area contributed by atoms with E-state index in [4.69, 9.17) is 0 Å². The zero-order chi connectivity index (χ0) is 18.0. The first kappa shape index (κ1) is 17.0. The number of benzene rings is 2. The highest BCUT2D eigenvalue weighted by Crippen LogP contribution is 2.23. The number of likely N-dealkylation sites (N-methyl/N-ethyl adjacent to an activating group) is 1. The van der Waals surface area contributed by atoms with Gasteiger partial charge in [0.15, 0.2) is 11.6 Å². The molecule has 1 amide bonds. The molecule has 1 heterocycles. The van der Waals surface area contributed by atoms with Crippen LogP contribution in [0.2, 0.25) is 0 Å². The largest absolute Gasteiger partial charge is 0.339 e. The van der Waals surface area contributed by atoms with E-state index in [0.717, 1.165) is 28.6 Å². The first-order valence-electron chi connectivity index (χ1n) is 8.00. The number of para-hydroxylation sites is 1. The fourth-order valence-corrected chi connectivity index (χ4v) is 2.81. The minimum Gasteiger partial charge on any atom is -0.339 e. The number of nitrogens with zero attached hydrogens (tertiary/aromatic N) is 2. The molecule has 1 unspecified atom stereocenters. The van der Waals surface area contributed by atoms with Crippen LogP contribution in [0.15, 0.2) is 54.7 Å². The fraction of sp³-hybridized carbons (Fsp3) is 0.200. The lowest BCUT2D eigenvalue weighted by Crippen LogP contribution is -2.31. The van der Waals surface area contributed by atoms with Crippen LogP contribution in [0.1, 0.15) is 24.1 Å². The van der Waals surface area contributed by atoms with Crippen molar-refractivity contribution in [3.05, 3.63) is 77.5 Å². The summed E-state index contributed by atoms with van der Waals surface area (Å²) in [5.74, 6) is -1.93. The summed E-state index contributed by atoms with van der Waals surface area (Å²) in [7, 11) is 1.66. The van der Waals surface area contributed by atoms with E-state index in [0.29, 0.717) is 5.56 Å². The molecule has 1 atom stereocenters. The smallest absolute Gasteiger partial charge is 0.227 e. The summed E-state index contributed by atoms with van der Waals surface area (Å²) in [4.78, 5) is 18.5. The van der Waals surface area contributed by atoms with Gasteiger partial charge in [0.2, 0.25) is 5.91 Å². The van der Waals surface area contributed by atoms with Crippen molar-refractivity contribution in [1.82, 2.24) is 9.88 Å². The average molecular weight is 340 g/mol. The van der Waals surface area contributed by atoms with Gasteiger partial charge in [-0.2, -0.15) is 0 Å². The van der Waals surface area contributed by atoms with Crippen LogP contribution in [0.25, 0.3) is 10.9 Å². The van der Waals surface area contributed by atoms with Crippen molar-refractivity contribution in [2.45, 2.75) is 19.4 Å². The van der Waals surface area contributed by atoms with Crippen molar-refractivity contribution in [3.8, 4) is 0 Å². The van der Waals surface area contributed by atoms with Gasteiger partial charge in [0.05, 0.1) is 18.0 Å². The van der Waals surface area contributed by atoms with Crippen LogP contribution >= 0.6 is 0 Å². The van der Waals surface area contributed by atoms with Crippen LogP contribution < -0.4 is 0 Å². The number of halogens is 2. The van der Waals surface area contributed by atoms with Gasteiger partial charge in [-0.25, -0.2) is 8.78 Å². The number of aromatic nitrogens is 1. The molecule has 0 N–H and O–H groups in total. The van der Waals surface area contributed by atoms with Crippen molar-refractivity contribution in [1.29, 1.82) is 0 Å². The summed E-state index contributed by atoms with van der Waals surface area (Å²) in [5.41, 5.74) is 2.19. The van der Waals surface area contributed by atoms with E-state index in [1.165, 1.54) is 11.0 Å². The number of fused-ring (bicyclic) bond motifs is 1. The molecule has 3 nitrogen and oxygen atoms in total. The zero-order valence-corrected chi connectivity index (χ0v) is 14.0. The molecule has 1 aromatic heterocycles. The molecule has 128 valence electrons. The quantitative estimate of drug-likeness (QED) is 0.710. The summed E-state index contributed by atoms with van der Waals surface area (Å²) in [6.45, 7) is 1.78. The van der Waals surface area contributed by atoms with Gasteiger partial charge in [-0.15, -0.1) is 0 Å². The molecule has 0 aliphatic heterocycles. The Bertz CT molecular complexity index is 921. The van der Waals surface area contributed by atoms with Crippen LogP contribution in [0.3, 0.4) is 0 Å². The van der Waals surface area contributed by atoms with E-state index >= 15 is 0 Å².